The minimum atomic E-state index is -3.51. The van der Waals surface area contributed by atoms with Gasteiger partial charge in [-0.1, -0.05) is 6.07 Å². The highest BCUT2D eigenvalue weighted by atomic mass is 32.2. The maximum atomic E-state index is 12.4. The van der Waals surface area contributed by atoms with Crippen molar-refractivity contribution in [1.29, 1.82) is 0 Å². The molecule has 0 aliphatic rings. The van der Waals surface area contributed by atoms with E-state index in [9.17, 15) is 8.42 Å². The second kappa shape index (κ2) is 5.10. The van der Waals surface area contributed by atoms with Crippen LogP contribution in [0, 0.1) is 13.8 Å². The lowest BCUT2D eigenvalue weighted by molar-refractivity contribution is 0.457. The van der Waals surface area contributed by atoms with Crippen LogP contribution in [0.1, 0.15) is 17.0 Å². The van der Waals surface area contributed by atoms with Crippen LogP contribution >= 0.6 is 0 Å². The molecule has 102 valence electrons. The topological polar surface area (TPSA) is 79.0 Å². The van der Waals surface area contributed by atoms with E-state index in [1.165, 1.54) is 17.7 Å². The summed E-state index contributed by atoms with van der Waals surface area (Å²) in [6.07, 6.45) is 1.35. The zero-order chi connectivity index (χ0) is 14.0. The summed E-state index contributed by atoms with van der Waals surface area (Å²) in [5.41, 5.74) is 2.02. The third-order valence-electron chi connectivity index (χ3n) is 3.02. The average Bonchev–Trinajstić information content (AvgIpc) is 2.85. The lowest BCUT2D eigenvalue weighted by Crippen LogP contribution is -2.27. The van der Waals surface area contributed by atoms with Gasteiger partial charge in [-0.05, 0) is 37.1 Å². The maximum Gasteiger partial charge on any atom is 0.243 e. The second-order valence-corrected chi connectivity index (χ2v) is 6.48. The molecule has 0 spiro atoms. The van der Waals surface area contributed by atoms with E-state index in [0.29, 0.717) is 5.82 Å². The van der Waals surface area contributed by atoms with E-state index in [4.69, 9.17) is 0 Å². The predicted molar refractivity (Wildman–Crippen MR) is 71.0 cm³/mol. The van der Waals surface area contributed by atoms with E-state index in [-0.39, 0.29) is 11.4 Å². The number of H-pyrrole nitrogens is 1. The van der Waals surface area contributed by atoms with Crippen molar-refractivity contribution in [3.8, 4) is 0 Å². The van der Waals surface area contributed by atoms with Crippen LogP contribution in [0.2, 0.25) is 0 Å². The monoisotopic (exact) mass is 280 g/mol. The largest absolute Gasteiger partial charge is 0.262 e. The van der Waals surface area contributed by atoms with Crippen molar-refractivity contribution in [2.75, 3.05) is 7.05 Å². The zero-order valence-corrected chi connectivity index (χ0v) is 11.9. The molecule has 0 unspecified atom stereocenters. The maximum absolute atomic E-state index is 12.4. The van der Waals surface area contributed by atoms with Gasteiger partial charge in [-0.3, -0.25) is 5.10 Å². The molecule has 0 amide bonds. The first-order chi connectivity index (χ1) is 8.91. The number of aromatic amines is 1. The van der Waals surface area contributed by atoms with Crippen LogP contribution in [0.15, 0.2) is 29.4 Å². The molecule has 0 radical (unpaired) electrons. The van der Waals surface area contributed by atoms with Crippen molar-refractivity contribution >= 4 is 10.0 Å². The Morgan fingerprint density at radius 1 is 1.26 bits per heavy atom. The van der Waals surface area contributed by atoms with Gasteiger partial charge in [-0.25, -0.2) is 13.4 Å². The minimum Gasteiger partial charge on any atom is -0.262 e. The van der Waals surface area contributed by atoms with Gasteiger partial charge in [0.2, 0.25) is 10.0 Å². The van der Waals surface area contributed by atoms with Crippen molar-refractivity contribution < 1.29 is 8.42 Å². The summed E-state index contributed by atoms with van der Waals surface area (Å²) < 4.78 is 26.0. The van der Waals surface area contributed by atoms with Crippen molar-refractivity contribution in [3.63, 3.8) is 0 Å². The summed E-state index contributed by atoms with van der Waals surface area (Å²) in [6.45, 7) is 4.00. The molecule has 0 fully saturated rings. The number of rotatable bonds is 4. The van der Waals surface area contributed by atoms with Crippen LogP contribution in [0.3, 0.4) is 0 Å². The molecule has 0 aliphatic heterocycles. The molecule has 19 heavy (non-hydrogen) atoms. The van der Waals surface area contributed by atoms with E-state index < -0.39 is 10.0 Å². The fraction of sp³-hybridized carbons (Fsp3) is 0.333. The van der Waals surface area contributed by atoms with Crippen molar-refractivity contribution in [3.05, 3.63) is 41.5 Å². The molecular weight excluding hydrogens is 264 g/mol. The molecule has 0 atom stereocenters. The van der Waals surface area contributed by atoms with Gasteiger partial charge in [0.25, 0.3) is 0 Å². The van der Waals surface area contributed by atoms with Crippen LogP contribution in [-0.2, 0) is 16.6 Å². The van der Waals surface area contributed by atoms with Crippen molar-refractivity contribution in [2.45, 2.75) is 25.3 Å². The van der Waals surface area contributed by atoms with Gasteiger partial charge in [0, 0.05) is 7.05 Å². The molecule has 2 rings (SSSR count). The normalized spacial score (nSPS) is 12.0. The highest BCUT2D eigenvalue weighted by Crippen LogP contribution is 2.18. The van der Waals surface area contributed by atoms with Gasteiger partial charge in [0.1, 0.15) is 12.2 Å². The molecular formula is C12H16N4O2S. The molecule has 1 heterocycles. The summed E-state index contributed by atoms with van der Waals surface area (Å²) in [7, 11) is -1.99. The Morgan fingerprint density at radius 2 is 2.00 bits per heavy atom. The van der Waals surface area contributed by atoms with E-state index in [2.05, 4.69) is 15.2 Å². The molecule has 2 aromatic rings. The highest BCUT2D eigenvalue weighted by molar-refractivity contribution is 7.89. The van der Waals surface area contributed by atoms with Gasteiger partial charge in [-0.15, -0.1) is 0 Å². The van der Waals surface area contributed by atoms with Crippen LogP contribution < -0.4 is 0 Å². The number of hydrogen-bond acceptors (Lipinski definition) is 4. The third-order valence-corrected chi connectivity index (χ3v) is 4.82. The SMILES string of the molecule is Cc1ccc(S(=O)(=O)N(C)Cc2ncn[nH]2)cc1C. The smallest absolute Gasteiger partial charge is 0.243 e. The number of sulfonamides is 1. The first-order valence-electron chi connectivity index (χ1n) is 5.79. The molecule has 1 aromatic carbocycles. The molecule has 6 nitrogen and oxygen atoms in total. The van der Waals surface area contributed by atoms with Gasteiger partial charge < -0.3 is 0 Å². The number of aryl methyl sites for hydroxylation is 2. The summed E-state index contributed by atoms with van der Waals surface area (Å²) >= 11 is 0. The lowest BCUT2D eigenvalue weighted by atomic mass is 10.1. The van der Waals surface area contributed by atoms with E-state index >= 15 is 0 Å². The summed E-state index contributed by atoms with van der Waals surface area (Å²) in [4.78, 5) is 4.21. The Kier molecular flexibility index (Phi) is 3.68. The number of aromatic nitrogens is 3. The predicted octanol–water partition coefficient (Wildman–Crippen LogP) is 1.24. The third kappa shape index (κ3) is 2.82. The fourth-order valence-electron chi connectivity index (χ4n) is 1.66. The van der Waals surface area contributed by atoms with Crippen molar-refractivity contribution in [2.24, 2.45) is 0 Å². The standard InChI is InChI=1S/C12H16N4O2S/c1-9-4-5-11(6-10(9)2)19(17,18)16(3)7-12-13-8-14-15-12/h4-6,8H,7H2,1-3H3,(H,13,14,15). The molecule has 1 aromatic heterocycles. The number of nitrogens with zero attached hydrogens (tertiary/aromatic N) is 3. The van der Waals surface area contributed by atoms with Gasteiger partial charge in [-0.2, -0.15) is 9.40 Å². The molecule has 0 bridgehead atoms. The second-order valence-electron chi connectivity index (χ2n) is 4.44. The Bertz CT molecular complexity index is 665. The average molecular weight is 280 g/mol. The van der Waals surface area contributed by atoms with Crippen molar-refractivity contribution in [1.82, 2.24) is 19.5 Å². The van der Waals surface area contributed by atoms with E-state index in [1.807, 2.05) is 19.9 Å². The number of nitrogens with one attached hydrogen (secondary N) is 1. The van der Waals surface area contributed by atoms with E-state index in [0.717, 1.165) is 11.1 Å². The summed E-state index contributed by atoms with van der Waals surface area (Å²) in [6, 6.07) is 5.11. The number of benzene rings is 1. The molecule has 0 saturated heterocycles. The highest BCUT2D eigenvalue weighted by Gasteiger charge is 2.22. The number of hydrogen-bond donors (Lipinski definition) is 1. The van der Waals surface area contributed by atoms with Crippen LogP contribution in [0.4, 0.5) is 0 Å². The Morgan fingerprint density at radius 3 is 2.58 bits per heavy atom. The first-order valence-corrected chi connectivity index (χ1v) is 7.23. The first kappa shape index (κ1) is 13.7. The van der Waals surface area contributed by atoms with E-state index in [1.54, 1.807) is 12.1 Å². The lowest BCUT2D eigenvalue weighted by Gasteiger charge is -2.16. The Hall–Kier alpha value is -1.73. The zero-order valence-electron chi connectivity index (χ0n) is 11.1. The molecule has 0 saturated carbocycles. The molecule has 1 N–H and O–H groups in total. The Balaban J connectivity index is 2.28. The summed E-state index contributed by atoms with van der Waals surface area (Å²) in [5, 5.41) is 6.34. The van der Waals surface area contributed by atoms with Gasteiger partial charge in [0.15, 0.2) is 0 Å². The van der Waals surface area contributed by atoms with Gasteiger partial charge >= 0.3 is 0 Å². The fourth-order valence-corrected chi connectivity index (χ4v) is 2.88. The minimum absolute atomic E-state index is 0.162. The summed E-state index contributed by atoms with van der Waals surface area (Å²) in [5.74, 6) is 0.509. The molecule has 0 aliphatic carbocycles. The quantitative estimate of drug-likeness (QED) is 0.914. The van der Waals surface area contributed by atoms with Gasteiger partial charge in [0.05, 0.1) is 11.4 Å². The molecule has 7 heteroatoms. The van der Waals surface area contributed by atoms with Crippen LogP contribution in [-0.4, -0.2) is 35.0 Å². The van der Waals surface area contributed by atoms with Crippen LogP contribution in [0.25, 0.3) is 0 Å². The Labute approximate surface area is 112 Å². The van der Waals surface area contributed by atoms with Crippen LogP contribution in [0.5, 0.6) is 0 Å².